The van der Waals surface area contributed by atoms with Crippen molar-refractivity contribution in [2.24, 2.45) is 0 Å². The van der Waals surface area contributed by atoms with Gasteiger partial charge in [-0.1, -0.05) is 44.3 Å². The molecule has 0 unspecified atom stereocenters. The van der Waals surface area contributed by atoms with Gasteiger partial charge in [0, 0.05) is 30.4 Å². The molecule has 5 heteroatoms. The molecule has 0 radical (unpaired) electrons. The summed E-state index contributed by atoms with van der Waals surface area (Å²) in [5.74, 6) is -2.19. The first-order chi connectivity index (χ1) is 15.7. The van der Waals surface area contributed by atoms with E-state index in [2.05, 4.69) is 0 Å². The minimum atomic E-state index is -0.985. The Bertz CT molecular complexity index is 1020. The third-order valence-corrected chi connectivity index (χ3v) is 4.70. The quantitative estimate of drug-likeness (QED) is 0.318. The number of aromatic hydroxyl groups is 1. The van der Waals surface area contributed by atoms with Crippen LogP contribution in [0.2, 0.25) is 0 Å². The molecular formula is C24H31NO4. The van der Waals surface area contributed by atoms with Crippen molar-refractivity contribution in [2.75, 3.05) is 24.6 Å². The van der Waals surface area contributed by atoms with Crippen molar-refractivity contribution >= 4 is 17.4 Å². The van der Waals surface area contributed by atoms with Crippen LogP contribution in [0.25, 0.3) is 0 Å². The zero-order valence-electron chi connectivity index (χ0n) is 21.3. The van der Waals surface area contributed by atoms with Gasteiger partial charge in [-0.25, -0.2) is 4.79 Å². The Hall–Kier alpha value is -2.82. The molecule has 0 heterocycles. The fourth-order valence-electron chi connectivity index (χ4n) is 3.03. The van der Waals surface area contributed by atoms with Gasteiger partial charge in [-0.05, 0) is 38.4 Å². The number of unbranched alkanes of at least 4 members (excludes halogenated alkanes) is 3. The minimum absolute atomic E-state index is 0.0824. The normalized spacial score (nSPS) is 12.5. The van der Waals surface area contributed by atoms with Gasteiger partial charge in [-0.2, -0.15) is 0 Å². The van der Waals surface area contributed by atoms with Crippen LogP contribution in [0.15, 0.2) is 42.4 Å². The number of ketones is 1. The number of phenols is 1. The van der Waals surface area contributed by atoms with Gasteiger partial charge in [0.25, 0.3) is 0 Å². The SMILES string of the molecule is [2H]c1c([2H])c([2H])c(C(=O)c2ccc(N(CC)CC)cc2O)c(C(=O)OCCCCCC)c1[2H]. The lowest BCUT2D eigenvalue weighted by Gasteiger charge is -2.21. The van der Waals surface area contributed by atoms with Crippen molar-refractivity contribution in [2.45, 2.75) is 46.5 Å². The predicted octanol–water partition coefficient (Wildman–Crippen LogP) is 5.21. The topological polar surface area (TPSA) is 66.8 Å². The fourth-order valence-corrected chi connectivity index (χ4v) is 3.03. The summed E-state index contributed by atoms with van der Waals surface area (Å²) in [6.45, 7) is 7.45. The molecule has 2 rings (SSSR count). The number of hydrogen-bond donors (Lipinski definition) is 1. The molecule has 29 heavy (non-hydrogen) atoms. The Morgan fingerprint density at radius 1 is 1.00 bits per heavy atom. The monoisotopic (exact) mass is 401 g/mol. The highest BCUT2D eigenvalue weighted by Gasteiger charge is 2.21. The van der Waals surface area contributed by atoms with E-state index in [0.29, 0.717) is 25.2 Å². The Kier molecular flexibility index (Phi) is 6.62. The third-order valence-electron chi connectivity index (χ3n) is 4.70. The maximum Gasteiger partial charge on any atom is 0.338 e. The average molecular weight is 402 g/mol. The molecule has 0 saturated carbocycles. The number of benzene rings is 2. The molecule has 0 aliphatic heterocycles. The third kappa shape index (κ3) is 5.83. The number of rotatable bonds is 11. The molecule has 156 valence electrons. The number of phenolic OH excluding ortho intramolecular Hbond substituents is 1. The van der Waals surface area contributed by atoms with Crippen LogP contribution >= 0.6 is 0 Å². The molecule has 1 N–H and O–H groups in total. The standard InChI is InChI=1S/C24H31NO4/c1-4-7-8-11-16-29-24(28)20-13-10-9-12-19(20)23(27)21-15-14-18(17-22(21)26)25(5-2)6-3/h9-10,12-15,17,26H,4-8,11,16H2,1-3H3/i9D,10D,12D,13D. The van der Waals surface area contributed by atoms with Crippen molar-refractivity contribution < 1.29 is 24.9 Å². The summed E-state index contributed by atoms with van der Waals surface area (Å²) >= 11 is 0. The first kappa shape index (κ1) is 17.1. The zero-order valence-corrected chi connectivity index (χ0v) is 17.3. The van der Waals surface area contributed by atoms with E-state index in [4.69, 9.17) is 10.2 Å². The molecule has 0 saturated heterocycles. The van der Waals surface area contributed by atoms with E-state index >= 15 is 0 Å². The van der Waals surface area contributed by atoms with E-state index < -0.39 is 47.0 Å². The molecule has 0 amide bonds. The molecule has 0 aliphatic carbocycles. The number of carbonyl (C=O) groups excluding carboxylic acids is 2. The first-order valence-electron chi connectivity index (χ1n) is 12.1. The van der Waals surface area contributed by atoms with Crippen molar-refractivity contribution in [3.63, 3.8) is 0 Å². The molecule has 0 bridgehead atoms. The molecule has 0 fully saturated rings. The highest BCUT2D eigenvalue weighted by molar-refractivity contribution is 6.15. The smallest absolute Gasteiger partial charge is 0.338 e. The number of carbonyl (C=O) groups is 2. The van der Waals surface area contributed by atoms with Gasteiger partial charge in [-0.3, -0.25) is 4.79 Å². The van der Waals surface area contributed by atoms with Gasteiger partial charge in [-0.15, -0.1) is 0 Å². The second-order valence-electron chi connectivity index (χ2n) is 6.65. The van der Waals surface area contributed by atoms with Crippen LogP contribution in [0.4, 0.5) is 5.69 Å². The van der Waals surface area contributed by atoms with Crippen LogP contribution < -0.4 is 4.90 Å². The van der Waals surface area contributed by atoms with E-state index in [1.54, 1.807) is 6.07 Å². The lowest BCUT2D eigenvalue weighted by Crippen LogP contribution is -2.21. The summed E-state index contributed by atoms with van der Waals surface area (Å²) in [6.07, 6.45) is 3.46. The van der Waals surface area contributed by atoms with Crippen LogP contribution in [-0.4, -0.2) is 36.6 Å². The number of anilines is 1. The van der Waals surface area contributed by atoms with Gasteiger partial charge in [0.05, 0.1) is 23.2 Å². The number of ether oxygens (including phenoxy) is 1. The van der Waals surface area contributed by atoms with Crippen LogP contribution in [-0.2, 0) is 4.74 Å². The summed E-state index contributed by atoms with van der Waals surface area (Å²) in [4.78, 5) is 28.1. The highest BCUT2D eigenvalue weighted by atomic mass is 16.5. The molecule has 0 atom stereocenters. The van der Waals surface area contributed by atoms with Crippen LogP contribution in [0.5, 0.6) is 5.75 Å². The second kappa shape index (κ2) is 11.2. The van der Waals surface area contributed by atoms with E-state index in [9.17, 15) is 14.7 Å². The van der Waals surface area contributed by atoms with E-state index in [1.165, 1.54) is 12.1 Å². The predicted molar refractivity (Wildman–Crippen MR) is 116 cm³/mol. The first-order valence-corrected chi connectivity index (χ1v) is 10.1. The summed E-state index contributed by atoms with van der Waals surface area (Å²) in [5.41, 5.74) is -0.484. The Morgan fingerprint density at radius 3 is 2.31 bits per heavy atom. The maximum absolute atomic E-state index is 13.3. The molecule has 0 aromatic heterocycles. The average Bonchev–Trinajstić information content (AvgIpc) is 2.80. The van der Waals surface area contributed by atoms with Gasteiger partial charge >= 0.3 is 5.97 Å². The zero-order chi connectivity index (χ0) is 24.7. The summed E-state index contributed by atoms with van der Waals surface area (Å²) in [6, 6.07) is 1.92. The van der Waals surface area contributed by atoms with E-state index in [1.807, 2.05) is 25.7 Å². The van der Waals surface area contributed by atoms with Crippen LogP contribution in [0.3, 0.4) is 0 Å². The summed E-state index contributed by atoms with van der Waals surface area (Å²) in [5, 5.41) is 10.5. The Morgan fingerprint density at radius 2 is 1.69 bits per heavy atom. The molecule has 5 nitrogen and oxygen atoms in total. The summed E-state index contributed by atoms with van der Waals surface area (Å²) in [7, 11) is 0. The Labute approximate surface area is 178 Å². The molecule has 0 aliphatic rings. The Balaban J connectivity index is 2.50. The lowest BCUT2D eigenvalue weighted by molar-refractivity contribution is 0.0495. The highest BCUT2D eigenvalue weighted by Crippen LogP contribution is 2.28. The number of esters is 1. The number of hydrogen-bond acceptors (Lipinski definition) is 5. The van der Waals surface area contributed by atoms with Crippen molar-refractivity contribution in [3.05, 3.63) is 59.1 Å². The second-order valence-corrected chi connectivity index (χ2v) is 6.65. The van der Waals surface area contributed by atoms with Crippen LogP contribution in [0, 0.1) is 0 Å². The van der Waals surface area contributed by atoms with Crippen molar-refractivity contribution in [3.8, 4) is 5.75 Å². The lowest BCUT2D eigenvalue weighted by atomic mass is 9.97. The van der Waals surface area contributed by atoms with E-state index in [0.717, 1.165) is 19.3 Å². The van der Waals surface area contributed by atoms with Crippen molar-refractivity contribution in [1.29, 1.82) is 0 Å². The minimum Gasteiger partial charge on any atom is -0.507 e. The largest absolute Gasteiger partial charge is 0.507 e. The van der Waals surface area contributed by atoms with Gasteiger partial charge in [0.2, 0.25) is 0 Å². The maximum atomic E-state index is 13.3. The molecular weight excluding hydrogens is 366 g/mol. The molecule has 2 aromatic rings. The van der Waals surface area contributed by atoms with Gasteiger partial charge in [0.15, 0.2) is 5.78 Å². The summed E-state index contributed by atoms with van der Waals surface area (Å²) < 4.78 is 37.5. The van der Waals surface area contributed by atoms with Crippen molar-refractivity contribution in [1.82, 2.24) is 0 Å². The molecule has 2 aromatic carbocycles. The van der Waals surface area contributed by atoms with E-state index in [-0.39, 0.29) is 17.9 Å². The molecule has 0 spiro atoms. The van der Waals surface area contributed by atoms with Crippen LogP contribution in [0.1, 0.15) is 78.2 Å². The van der Waals surface area contributed by atoms with Gasteiger partial charge in [0.1, 0.15) is 5.75 Å². The number of nitrogens with zero attached hydrogens (tertiary/aromatic N) is 1. The van der Waals surface area contributed by atoms with Gasteiger partial charge < -0.3 is 14.7 Å². The fraction of sp³-hybridized carbons (Fsp3) is 0.417.